The zero-order valence-electron chi connectivity index (χ0n) is 10.9. The minimum absolute atomic E-state index is 0.107. The van der Waals surface area contributed by atoms with E-state index >= 15 is 0 Å². The van der Waals surface area contributed by atoms with Crippen LogP contribution in [0.15, 0.2) is 23.2 Å². The molecule has 1 saturated heterocycles. The normalized spacial score (nSPS) is 24.9. The Bertz CT molecular complexity index is 581. The summed E-state index contributed by atoms with van der Waals surface area (Å²) < 4.78 is 26.7. The van der Waals surface area contributed by atoms with Crippen LogP contribution in [0.5, 0.6) is 0 Å². The lowest BCUT2D eigenvalue weighted by Gasteiger charge is -2.38. The van der Waals surface area contributed by atoms with Crippen LogP contribution in [0.3, 0.4) is 0 Å². The fourth-order valence-electron chi connectivity index (χ4n) is 2.31. The van der Waals surface area contributed by atoms with Gasteiger partial charge in [0.05, 0.1) is 0 Å². The van der Waals surface area contributed by atoms with Crippen molar-refractivity contribution in [1.29, 1.82) is 5.26 Å². The summed E-state index contributed by atoms with van der Waals surface area (Å²) in [5, 5.41) is 11.9. The summed E-state index contributed by atoms with van der Waals surface area (Å²) in [6, 6.07) is 4.51. The Kier molecular flexibility index (Phi) is 3.85. The standard InChI is InChI=1S/C12H16N4O2S/c1-9-6-14-7-10(2)16(9)19(17,18)12-4-3-11(5-13)15-8-12/h3-4,8-10,14H,6-7H2,1-2H3. The molecule has 0 spiro atoms. The second-order valence-electron chi connectivity index (χ2n) is 4.68. The van der Waals surface area contributed by atoms with Crippen molar-refractivity contribution >= 4 is 10.0 Å². The lowest BCUT2D eigenvalue weighted by atomic mass is 10.2. The molecular formula is C12H16N4O2S. The maximum Gasteiger partial charge on any atom is 0.245 e. The van der Waals surface area contributed by atoms with Crippen molar-refractivity contribution in [2.45, 2.75) is 30.8 Å². The minimum Gasteiger partial charge on any atom is -0.314 e. The molecular weight excluding hydrogens is 264 g/mol. The molecule has 0 bridgehead atoms. The molecule has 1 aliphatic rings. The Morgan fingerprint density at radius 1 is 1.37 bits per heavy atom. The maximum atomic E-state index is 12.6. The van der Waals surface area contributed by atoms with Gasteiger partial charge in [0.25, 0.3) is 0 Å². The molecule has 2 rings (SSSR count). The number of aromatic nitrogens is 1. The van der Waals surface area contributed by atoms with Crippen LogP contribution in [-0.4, -0.2) is 42.9 Å². The quantitative estimate of drug-likeness (QED) is 0.843. The largest absolute Gasteiger partial charge is 0.314 e. The number of hydrogen-bond donors (Lipinski definition) is 1. The first-order chi connectivity index (χ1) is 8.96. The average molecular weight is 280 g/mol. The van der Waals surface area contributed by atoms with E-state index in [2.05, 4.69) is 10.3 Å². The third-order valence-electron chi connectivity index (χ3n) is 3.17. The van der Waals surface area contributed by atoms with Gasteiger partial charge in [-0.15, -0.1) is 0 Å². The highest BCUT2D eigenvalue weighted by atomic mass is 32.2. The van der Waals surface area contributed by atoms with Gasteiger partial charge in [0.1, 0.15) is 16.7 Å². The van der Waals surface area contributed by atoms with E-state index in [-0.39, 0.29) is 22.7 Å². The van der Waals surface area contributed by atoms with Crippen molar-refractivity contribution in [2.75, 3.05) is 13.1 Å². The molecule has 0 aliphatic carbocycles. The fourth-order valence-corrected chi connectivity index (χ4v) is 4.08. The molecule has 1 N–H and O–H groups in total. The summed E-state index contributed by atoms with van der Waals surface area (Å²) in [4.78, 5) is 3.96. The van der Waals surface area contributed by atoms with Gasteiger partial charge >= 0.3 is 0 Å². The molecule has 0 saturated carbocycles. The molecule has 2 unspecified atom stereocenters. The zero-order valence-corrected chi connectivity index (χ0v) is 11.7. The smallest absolute Gasteiger partial charge is 0.245 e. The van der Waals surface area contributed by atoms with E-state index in [9.17, 15) is 8.42 Å². The molecule has 2 heterocycles. The highest BCUT2D eigenvalue weighted by Crippen LogP contribution is 2.22. The van der Waals surface area contributed by atoms with Crippen molar-refractivity contribution in [2.24, 2.45) is 0 Å². The summed E-state index contributed by atoms with van der Waals surface area (Å²) in [6.45, 7) is 5.01. The fraction of sp³-hybridized carbons (Fsp3) is 0.500. The molecule has 1 fully saturated rings. The van der Waals surface area contributed by atoms with Gasteiger partial charge < -0.3 is 5.32 Å². The minimum atomic E-state index is -3.56. The molecule has 1 aliphatic heterocycles. The van der Waals surface area contributed by atoms with Gasteiger partial charge in [0.2, 0.25) is 10.0 Å². The summed E-state index contributed by atoms with van der Waals surface area (Å²) >= 11 is 0. The lowest BCUT2D eigenvalue weighted by molar-refractivity contribution is 0.220. The number of nitrogens with zero attached hydrogens (tertiary/aromatic N) is 3. The number of pyridine rings is 1. The molecule has 1 aromatic rings. The molecule has 19 heavy (non-hydrogen) atoms. The van der Waals surface area contributed by atoms with E-state index in [0.29, 0.717) is 13.1 Å². The number of nitrogens with one attached hydrogen (secondary N) is 1. The molecule has 7 heteroatoms. The summed E-state index contributed by atoms with van der Waals surface area (Å²) in [5.41, 5.74) is 0.209. The second-order valence-corrected chi connectivity index (χ2v) is 6.53. The van der Waals surface area contributed by atoms with Crippen LogP contribution < -0.4 is 5.32 Å². The van der Waals surface area contributed by atoms with Gasteiger partial charge in [-0.1, -0.05) is 0 Å². The second kappa shape index (κ2) is 5.25. The Labute approximate surface area is 113 Å². The maximum absolute atomic E-state index is 12.6. The van der Waals surface area contributed by atoms with Crippen molar-refractivity contribution in [3.05, 3.63) is 24.0 Å². The summed E-state index contributed by atoms with van der Waals surface area (Å²) in [6.07, 6.45) is 1.25. The van der Waals surface area contributed by atoms with E-state index in [1.54, 1.807) is 0 Å². The first-order valence-corrected chi connectivity index (χ1v) is 7.51. The SMILES string of the molecule is CC1CNCC(C)N1S(=O)(=O)c1ccc(C#N)nc1. The van der Waals surface area contributed by atoms with Gasteiger partial charge in [0.15, 0.2) is 0 Å². The molecule has 2 atom stereocenters. The first kappa shape index (κ1) is 13.9. The predicted molar refractivity (Wildman–Crippen MR) is 69.8 cm³/mol. The van der Waals surface area contributed by atoms with Gasteiger partial charge in [-0.2, -0.15) is 9.57 Å². The molecule has 0 amide bonds. The molecule has 0 radical (unpaired) electrons. The molecule has 102 valence electrons. The van der Waals surface area contributed by atoms with Crippen molar-refractivity contribution < 1.29 is 8.42 Å². The monoisotopic (exact) mass is 280 g/mol. The lowest BCUT2D eigenvalue weighted by Crippen LogP contribution is -2.57. The predicted octanol–water partition coefficient (Wildman–Crippen LogP) is 0.324. The van der Waals surface area contributed by atoms with Gasteiger partial charge in [-0.25, -0.2) is 13.4 Å². The van der Waals surface area contributed by atoms with E-state index in [1.165, 1.54) is 22.6 Å². The van der Waals surface area contributed by atoms with Gasteiger partial charge in [-0.3, -0.25) is 0 Å². The van der Waals surface area contributed by atoms with Crippen LogP contribution in [0.4, 0.5) is 0 Å². The van der Waals surface area contributed by atoms with E-state index in [1.807, 2.05) is 19.9 Å². The van der Waals surface area contributed by atoms with Crippen LogP contribution in [0, 0.1) is 11.3 Å². The highest BCUT2D eigenvalue weighted by molar-refractivity contribution is 7.89. The Hall–Kier alpha value is -1.49. The average Bonchev–Trinajstić information content (AvgIpc) is 2.38. The number of sulfonamides is 1. The van der Waals surface area contributed by atoms with Crippen LogP contribution >= 0.6 is 0 Å². The summed E-state index contributed by atoms with van der Waals surface area (Å²) in [7, 11) is -3.56. The van der Waals surface area contributed by atoms with Crippen LogP contribution in [-0.2, 0) is 10.0 Å². The van der Waals surface area contributed by atoms with E-state index in [0.717, 1.165) is 0 Å². The number of piperazine rings is 1. The topological polar surface area (TPSA) is 86.1 Å². The Morgan fingerprint density at radius 2 is 2.00 bits per heavy atom. The third-order valence-corrected chi connectivity index (χ3v) is 5.29. The molecule has 6 nitrogen and oxygen atoms in total. The molecule has 1 aromatic heterocycles. The highest BCUT2D eigenvalue weighted by Gasteiger charge is 2.35. The summed E-state index contributed by atoms with van der Waals surface area (Å²) in [5.74, 6) is 0. The van der Waals surface area contributed by atoms with Crippen LogP contribution in [0.25, 0.3) is 0 Å². The third kappa shape index (κ3) is 2.61. The van der Waals surface area contributed by atoms with Crippen molar-refractivity contribution in [3.63, 3.8) is 0 Å². The van der Waals surface area contributed by atoms with E-state index in [4.69, 9.17) is 5.26 Å². The van der Waals surface area contributed by atoms with Crippen LogP contribution in [0.1, 0.15) is 19.5 Å². The van der Waals surface area contributed by atoms with Gasteiger partial charge in [-0.05, 0) is 26.0 Å². The number of hydrogen-bond acceptors (Lipinski definition) is 5. The first-order valence-electron chi connectivity index (χ1n) is 6.07. The van der Waals surface area contributed by atoms with E-state index < -0.39 is 10.0 Å². The van der Waals surface area contributed by atoms with Gasteiger partial charge in [0, 0.05) is 31.4 Å². The Balaban J connectivity index is 2.38. The van der Waals surface area contributed by atoms with Crippen molar-refractivity contribution in [1.82, 2.24) is 14.6 Å². The Morgan fingerprint density at radius 3 is 2.47 bits per heavy atom. The van der Waals surface area contributed by atoms with Crippen LogP contribution in [0.2, 0.25) is 0 Å². The molecule has 0 aromatic carbocycles. The number of nitriles is 1. The number of rotatable bonds is 2. The van der Waals surface area contributed by atoms with Crippen molar-refractivity contribution in [3.8, 4) is 6.07 Å². The zero-order chi connectivity index (χ0) is 14.0.